The van der Waals surface area contributed by atoms with Crippen molar-refractivity contribution in [2.45, 2.75) is 0 Å². The number of anilines is 2. The van der Waals surface area contributed by atoms with E-state index in [1.165, 1.54) is 43.1 Å². The van der Waals surface area contributed by atoms with Crippen molar-refractivity contribution in [1.82, 2.24) is 0 Å². The van der Waals surface area contributed by atoms with Gasteiger partial charge in [0, 0.05) is 31.5 Å². The summed E-state index contributed by atoms with van der Waals surface area (Å²) >= 11 is 1.79. The molecule has 5 aromatic carbocycles. The van der Waals surface area contributed by atoms with Crippen molar-refractivity contribution < 1.29 is 4.39 Å². The third kappa shape index (κ3) is 3.24. The predicted octanol–water partition coefficient (Wildman–Crippen LogP) is 8.76. The Balaban J connectivity index is 1.56. The van der Waals surface area contributed by atoms with Crippen molar-refractivity contribution >= 4 is 53.7 Å². The van der Waals surface area contributed by atoms with E-state index >= 15 is 0 Å². The van der Waals surface area contributed by atoms with Gasteiger partial charge in [0.05, 0.1) is 0 Å². The fourth-order valence-electron chi connectivity index (χ4n) is 4.18. The minimum absolute atomic E-state index is 0.221. The number of fused-ring (bicyclic) bond motifs is 4. The van der Waals surface area contributed by atoms with Crippen LogP contribution in [0.15, 0.2) is 103 Å². The van der Waals surface area contributed by atoms with Gasteiger partial charge >= 0.3 is 0 Å². The average molecular weight is 420 g/mol. The molecule has 6 aromatic rings. The summed E-state index contributed by atoms with van der Waals surface area (Å²) in [6, 6.07) is 34.4. The molecule has 0 spiro atoms. The Hall–Kier alpha value is -3.69. The zero-order chi connectivity index (χ0) is 20.8. The first-order chi connectivity index (χ1) is 15.2. The Morgan fingerprint density at radius 3 is 2.26 bits per heavy atom. The van der Waals surface area contributed by atoms with Crippen molar-refractivity contribution in [2.75, 3.05) is 5.32 Å². The van der Waals surface area contributed by atoms with E-state index in [2.05, 4.69) is 84.2 Å². The molecular formula is C28H18FNS. The predicted molar refractivity (Wildman–Crippen MR) is 132 cm³/mol. The Labute approximate surface area is 183 Å². The molecule has 0 saturated heterocycles. The molecule has 1 heterocycles. The molecule has 6 rings (SSSR count). The lowest BCUT2D eigenvalue weighted by atomic mass is 10.0. The summed E-state index contributed by atoms with van der Waals surface area (Å²) in [7, 11) is 0. The zero-order valence-electron chi connectivity index (χ0n) is 16.6. The van der Waals surface area contributed by atoms with Gasteiger partial charge in [0.25, 0.3) is 0 Å². The number of hydrogen-bond acceptors (Lipinski definition) is 2. The van der Waals surface area contributed by atoms with E-state index in [0.717, 1.165) is 22.5 Å². The third-order valence-electron chi connectivity index (χ3n) is 5.68. The van der Waals surface area contributed by atoms with E-state index in [0.29, 0.717) is 0 Å². The van der Waals surface area contributed by atoms with Crippen LogP contribution in [0.2, 0.25) is 0 Å². The highest BCUT2D eigenvalue weighted by molar-refractivity contribution is 7.26. The molecule has 0 unspecified atom stereocenters. The van der Waals surface area contributed by atoms with E-state index in [9.17, 15) is 4.39 Å². The van der Waals surface area contributed by atoms with Gasteiger partial charge in [-0.1, -0.05) is 60.7 Å². The van der Waals surface area contributed by atoms with E-state index in [1.807, 2.05) is 12.1 Å². The van der Waals surface area contributed by atoms with Gasteiger partial charge in [-0.15, -0.1) is 11.3 Å². The molecule has 0 radical (unpaired) electrons. The van der Waals surface area contributed by atoms with Gasteiger partial charge in [-0.3, -0.25) is 0 Å². The van der Waals surface area contributed by atoms with Crippen molar-refractivity contribution in [1.29, 1.82) is 0 Å². The first-order valence-corrected chi connectivity index (χ1v) is 11.0. The van der Waals surface area contributed by atoms with Crippen molar-refractivity contribution in [3.8, 4) is 11.1 Å². The topological polar surface area (TPSA) is 12.0 Å². The van der Waals surface area contributed by atoms with Gasteiger partial charge in [-0.25, -0.2) is 4.39 Å². The summed E-state index contributed by atoms with van der Waals surface area (Å²) in [6.45, 7) is 0. The number of hydrogen-bond donors (Lipinski definition) is 1. The first kappa shape index (κ1) is 18.1. The maximum Gasteiger partial charge on any atom is 0.123 e. The highest BCUT2D eigenvalue weighted by atomic mass is 32.1. The Bertz CT molecular complexity index is 1560. The molecule has 0 aliphatic carbocycles. The maximum absolute atomic E-state index is 13.5. The molecule has 148 valence electrons. The van der Waals surface area contributed by atoms with Crippen LogP contribution in [0.5, 0.6) is 0 Å². The number of rotatable bonds is 3. The summed E-state index contributed by atoms with van der Waals surface area (Å²) in [6.07, 6.45) is 0. The van der Waals surface area contributed by atoms with Gasteiger partial charge in [0.15, 0.2) is 0 Å². The summed E-state index contributed by atoms with van der Waals surface area (Å²) in [5.74, 6) is -0.221. The van der Waals surface area contributed by atoms with Crippen LogP contribution in [0.1, 0.15) is 0 Å². The molecule has 3 heteroatoms. The second-order valence-corrected chi connectivity index (χ2v) is 8.77. The maximum atomic E-state index is 13.5. The molecule has 0 atom stereocenters. The van der Waals surface area contributed by atoms with Crippen LogP contribution in [0.25, 0.3) is 42.1 Å². The van der Waals surface area contributed by atoms with E-state index in [1.54, 1.807) is 11.3 Å². The van der Waals surface area contributed by atoms with Crippen molar-refractivity contribution in [3.63, 3.8) is 0 Å². The van der Waals surface area contributed by atoms with Crippen LogP contribution in [0, 0.1) is 5.82 Å². The lowest BCUT2D eigenvalue weighted by Crippen LogP contribution is -1.92. The summed E-state index contributed by atoms with van der Waals surface area (Å²) in [5, 5.41) is 8.56. The molecule has 1 N–H and O–H groups in total. The zero-order valence-corrected chi connectivity index (χ0v) is 17.4. The quantitative estimate of drug-likeness (QED) is 0.302. The van der Waals surface area contributed by atoms with Crippen LogP contribution in [0.3, 0.4) is 0 Å². The van der Waals surface area contributed by atoms with Gasteiger partial charge in [-0.2, -0.15) is 0 Å². The normalized spacial score (nSPS) is 11.4. The largest absolute Gasteiger partial charge is 0.355 e. The SMILES string of the molecule is Fc1ccc(-c2cc(Nc3ccc4ccccc4c3)c3c(c2)sc2ccccc23)cc1. The Morgan fingerprint density at radius 1 is 0.613 bits per heavy atom. The van der Waals surface area contributed by atoms with Crippen LogP contribution in [0.4, 0.5) is 15.8 Å². The van der Waals surface area contributed by atoms with Gasteiger partial charge in [0.1, 0.15) is 5.82 Å². The number of thiophene rings is 1. The standard InChI is InChI=1S/C28H18FNS/c29-22-12-9-19(10-13-22)21-16-25(28-24-7-3-4-8-26(24)31-27(28)17-21)30-23-14-11-18-5-1-2-6-20(18)15-23/h1-17,30H. The fourth-order valence-corrected chi connectivity index (χ4v) is 5.36. The Morgan fingerprint density at radius 2 is 1.39 bits per heavy atom. The molecule has 0 saturated carbocycles. The van der Waals surface area contributed by atoms with E-state index in [4.69, 9.17) is 0 Å². The molecule has 1 nitrogen and oxygen atoms in total. The van der Waals surface area contributed by atoms with E-state index in [-0.39, 0.29) is 5.82 Å². The van der Waals surface area contributed by atoms with Crippen LogP contribution >= 0.6 is 11.3 Å². The highest BCUT2D eigenvalue weighted by Crippen LogP contribution is 2.42. The van der Waals surface area contributed by atoms with Crippen LogP contribution < -0.4 is 5.32 Å². The minimum atomic E-state index is -0.221. The summed E-state index contributed by atoms with van der Waals surface area (Å²) in [5.41, 5.74) is 4.18. The molecule has 31 heavy (non-hydrogen) atoms. The molecular weight excluding hydrogens is 401 g/mol. The number of benzene rings is 5. The number of halogens is 1. The van der Waals surface area contributed by atoms with Crippen LogP contribution in [-0.4, -0.2) is 0 Å². The second kappa shape index (κ2) is 7.22. The van der Waals surface area contributed by atoms with Crippen molar-refractivity contribution in [3.05, 3.63) is 109 Å². The lowest BCUT2D eigenvalue weighted by molar-refractivity contribution is 0.628. The van der Waals surface area contributed by atoms with E-state index < -0.39 is 0 Å². The lowest BCUT2D eigenvalue weighted by Gasteiger charge is -2.12. The third-order valence-corrected chi connectivity index (χ3v) is 6.80. The highest BCUT2D eigenvalue weighted by Gasteiger charge is 2.13. The van der Waals surface area contributed by atoms with Gasteiger partial charge in [0.2, 0.25) is 0 Å². The molecule has 1 aromatic heterocycles. The monoisotopic (exact) mass is 419 g/mol. The Kier molecular flexibility index (Phi) is 4.22. The van der Waals surface area contributed by atoms with Gasteiger partial charge in [-0.05, 0) is 64.4 Å². The number of nitrogens with one attached hydrogen (secondary N) is 1. The first-order valence-electron chi connectivity index (χ1n) is 10.2. The molecule has 0 fully saturated rings. The molecule has 0 aliphatic rings. The van der Waals surface area contributed by atoms with Crippen LogP contribution in [-0.2, 0) is 0 Å². The smallest absolute Gasteiger partial charge is 0.123 e. The summed E-state index contributed by atoms with van der Waals surface area (Å²) in [4.78, 5) is 0. The molecule has 0 bridgehead atoms. The second-order valence-electron chi connectivity index (χ2n) is 7.69. The van der Waals surface area contributed by atoms with Gasteiger partial charge < -0.3 is 5.32 Å². The minimum Gasteiger partial charge on any atom is -0.355 e. The summed E-state index contributed by atoms with van der Waals surface area (Å²) < 4.78 is 16.0. The van der Waals surface area contributed by atoms with Crippen molar-refractivity contribution in [2.24, 2.45) is 0 Å². The molecule has 0 amide bonds. The fraction of sp³-hybridized carbons (Fsp3) is 0. The molecule has 0 aliphatic heterocycles. The average Bonchev–Trinajstić information content (AvgIpc) is 3.18.